The minimum absolute atomic E-state index is 0.0773. The second kappa shape index (κ2) is 9.89. The number of carbonyl (C=O) groups is 1. The topological polar surface area (TPSA) is 69.6 Å². The molecule has 1 amide bonds. The van der Waals surface area contributed by atoms with E-state index in [-0.39, 0.29) is 22.9 Å². The van der Waals surface area contributed by atoms with E-state index in [0.717, 1.165) is 36.0 Å². The summed E-state index contributed by atoms with van der Waals surface area (Å²) < 4.78 is 12.9. The van der Waals surface area contributed by atoms with Gasteiger partial charge in [-0.05, 0) is 99.2 Å². The van der Waals surface area contributed by atoms with Crippen molar-refractivity contribution in [3.8, 4) is 0 Å². The second-order valence-corrected chi connectivity index (χ2v) is 12.5. The van der Waals surface area contributed by atoms with E-state index in [2.05, 4.69) is 23.5 Å². The number of ether oxygens (including phenoxy) is 2. The largest absolute Gasteiger partial charge is 0.466 e. The van der Waals surface area contributed by atoms with E-state index in [1.54, 1.807) is 10.8 Å². The molecule has 202 valence electrons. The van der Waals surface area contributed by atoms with Crippen molar-refractivity contribution in [2.75, 3.05) is 5.32 Å². The average molecular weight is 525 g/mol. The molecular formula is C33H36N2O4. The Morgan fingerprint density at radius 3 is 2.54 bits per heavy atom. The summed E-state index contributed by atoms with van der Waals surface area (Å²) >= 11 is 0. The van der Waals surface area contributed by atoms with Crippen LogP contribution in [-0.4, -0.2) is 10.5 Å². The molecule has 1 unspecified atom stereocenters. The molecule has 6 aliphatic rings. The molecule has 5 aliphatic carbocycles. The standard InChI is InChI=1S/C33H36N2O4/c36-31(20-33-17-23-13-24(18-33)15-25(14-23)19-33)34-28-8-4-7-27-26(28)9-10-35(32(27)37)29(30-21-38-11-12-39-30)16-22-5-2-1-3-6-22/h1-2,4-5,7-12,21,23-25,29H,3,6,13-20H2,(H,34,36). The Labute approximate surface area is 229 Å². The van der Waals surface area contributed by atoms with Crippen LogP contribution >= 0.6 is 0 Å². The molecule has 1 aliphatic heterocycles. The second-order valence-electron chi connectivity index (χ2n) is 12.5. The molecule has 0 saturated heterocycles. The van der Waals surface area contributed by atoms with Crippen LogP contribution in [0.4, 0.5) is 5.69 Å². The SMILES string of the molecule is O=C(CC12CC3CC(CC(C3)C1)C2)Nc1cccc2c(=O)n(C(CC3=CC=CCC3)C3=COC=CO3)ccc12. The summed E-state index contributed by atoms with van der Waals surface area (Å²) in [4.78, 5) is 27.2. The van der Waals surface area contributed by atoms with Crippen LogP contribution in [0.5, 0.6) is 0 Å². The zero-order chi connectivity index (χ0) is 26.4. The van der Waals surface area contributed by atoms with Crippen molar-refractivity contribution in [3.05, 3.63) is 89.2 Å². The Morgan fingerprint density at radius 2 is 1.85 bits per heavy atom. The third-order valence-electron chi connectivity index (χ3n) is 9.69. The minimum Gasteiger partial charge on any atom is -0.466 e. The normalized spacial score (nSPS) is 29.4. The van der Waals surface area contributed by atoms with Gasteiger partial charge in [-0.2, -0.15) is 0 Å². The lowest BCUT2D eigenvalue weighted by molar-refractivity contribution is -0.124. The molecule has 1 atom stereocenters. The lowest BCUT2D eigenvalue weighted by Crippen LogP contribution is -2.47. The minimum atomic E-state index is -0.334. The van der Waals surface area contributed by atoms with E-state index in [4.69, 9.17) is 9.47 Å². The number of amides is 1. The molecule has 1 aromatic heterocycles. The van der Waals surface area contributed by atoms with Crippen molar-refractivity contribution < 1.29 is 14.3 Å². The van der Waals surface area contributed by atoms with Gasteiger partial charge in [-0.15, -0.1) is 0 Å². The van der Waals surface area contributed by atoms with Gasteiger partial charge in [0, 0.05) is 29.1 Å². The predicted molar refractivity (Wildman–Crippen MR) is 152 cm³/mol. The molecule has 1 N–H and O–H groups in total. The number of hydrogen-bond donors (Lipinski definition) is 1. The highest BCUT2D eigenvalue weighted by Gasteiger charge is 2.51. The molecule has 2 aromatic rings. The number of aromatic nitrogens is 1. The summed E-state index contributed by atoms with van der Waals surface area (Å²) in [6.45, 7) is 0. The van der Waals surface area contributed by atoms with Crippen LogP contribution in [0.3, 0.4) is 0 Å². The number of anilines is 1. The molecule has 4 saturated carbocycles. The lowest BCUT2D eigenvalue weighted by atomic mass is 9.49. The number of hydrogen-bond acceptors (Lipinski definition) is 4. The van der Waals surface area contributed by atoms with Gasteiger partial charge in [0.2, 0.25) is 5.91 Å². The zero-order valence-corrected chi connectivity index (χ0v) is 22.3. The van der Waals surface area contributed by atoms with Gasteiger partial charge in [0.1, 0.15) is 24.8 Å². The first kappa shape index (κ1) is 24.5. The van der Waals surface area contributed by atoms with E-state index in [1.165, 1.54) is 56.6 Å². The number of nitrogens with one attached hydrogen (secondary N) is 1. The zero-order valence-electron chi connectivity index (χ0n) is 22.3. The molecule has 0 radical (unpaired) electrons. The summed E-state index contributed by atoms with van der Waals surface area (Å²) in [7, 11) is 0. The molecule has 1 aromatic carbocycles. The molecule has 4 bridgehead atoms. The van der Waals surface area contributed by atoms with Crippen LogP contribution in [0.25, 0.3) is 10.8 Å². The van der Waals surface area contributed by atoms with E-state index >= 15 is 0 Å². The number of pyridine rings is 1. The molecule has 39 heavy (non-hydrogen) atoms. The molecule has 0 spiro atoms. The fourth-order valence-corrected chi connectivity index (χ4v) is 8.53. The monoisotopic (exact) mass is 524 g/mol. The van der Waals surface area contributed by atoms with Gasteiger partial charge >= 0.3 is 0 Å². The Bertz CT molecular complexity index is 1440. The first-order chi connectivity index (χ1) is 19.1. The highest BCUT2D eigenvalue weighted by molar-refractivity contribution is 6.02. The van der Waals surface area contributed by atoms with Gasteiger partial charge in [-0.25, -0.2) is 0 Å². The smallest absolute Gasteiger partial charge is 0.259 e. The number of rotatable bonds is 7. The fourth-order valence-electron chi connectivity index (χ4n) is 8.53. The van der Waals surface area contributed by atoms with Gasteiger partial charge in [0.15, 0.2) is 5.76 Å². The van der Waals surface area contributed by atoms with Gasteiger partial charge in [-0.1, -0.05) is 29.9 Å². The average Bonchev–Trinajstić information content (AvgIpc) is 2.93. The molecule has 8 rings (SSSR count). The predicted octanol–water partition coefficient (Wildman–Crippen LogP) is 7.11. The maximum atomic E-state index is 13.9. The third kappa shape index (κ3) is 4.75. The summed E-state index contributed by atoms with van der Waals surface area (Å²) in [6, 6.07) is 7.22. The number of fused-ring (bicyclic) bond motifs is 1. The van der Waals surface area contributed by atoms with E-state index < -0.39 is 0 Å². The summed E-state index contributed by atoms with van der Waals surface area (Å²) in [5.41, 5.74) is 2.04. The lowest BCUT2D eigenvalue weighted by Gasteiger charge is -2.56. The highest BCUT2D eigenvalue weighted by atomic mass is 16.5. The van der Waals surface area contributed by atoms with Gasteiger partial charge in [-0.3, -0.25) is 9.59 Å². The first-order valence-electron chi connectivity index (χ1n) is 14.5. The molecule has 4 fully saturated rings. The molecule has 6 heteroatoms. The van der Waals surface area contributed by atoms with Crippen molar-refractivity contribution in [1.82, 2.24) is 4.57 Å². The Hall–Kier alpha value is -3.54. The van der Waals surface area contributed by atoms with Crippen LogP contribution in [0, 0.1) is 23.2 Å². The van der Waals surface area contributed by atoms with Crippen LogP contribution < -0.4 is 10.9 Å². The molecular weight excluding hydrogens is 488 g/mol. The van der Waals surface area contributed by atoms with E-state index in [1.807, 2.05) is 30.5 Å². The number of nitrogens with zero attached hydrogens (tertiary/aromatic N) is 1. The van der Waals surface area contributed by atoms with Crippen molar-refractivity contribution in [1.29, 1.82) is 0 Å². The number of carbonyl (C=O) groups excluding carboxylic acids is 1. The van der Waals surface area contributed by atoms with Crippen LogP contribution in [0.15, 0.2) is 83.6 Å². The van der Waals surface area contributed by atoms with Gasteiger partial charge in [0.25, 0.3) is 5.56 Å². The summed E-state index contributed by atoms with van der Waals surface area (Å²) in [6.07, 6.45) is 23.7. The van der Waals surface area contributed by atoms with E-state index in [9.17, 15) is 9.59 Å². The van der Waals surface area contributed by atoms with Crippen LogP contribution in [-0.2, 0) is 14.3 Å². The maximum absolute atomic E-state index is 13.9. The Morgan fingerprint density at radius 1 is 1.05 bits per heavy atom. The number of allylic oxidation sites excluding steroid dienone is 5. The molecule has 6 nitrogen and oxygen atoms in total. The van der Waals surface area contributed by atoms with Crippen LogP contribution in [0.1, 0.15) is 70.3 Å². The molecule has 2 heterocycles. The van der Waals surface area contributed by atoms with Crippen molar-refractivity contribution >= 4 is 22.4 Å². The van der Waals surface area contributed by atoms with Crippen LogP contribution in [0.2, 0.25) is 0 Å². The Balaban J connectivity index is 1.16. The fraction of sp³-hybridized carbons (Fsp3) is 0.455. The number of benzene rings is 1. The van der Waals surface area contributed by atoms with Crippen molar-refractivity contribution in [2.24, 2.45) is 23.2 Å². The highest BCUT2D eigenvalue weighted by Crippen LogP contribution is 2.61. The van der Waals surface area contributed by atoms with Gasteiger partial charge < -0.3 is 19.4 Å². The first-order valence-corrected chi connectivity index (χ1v) is 14.5. The van der Waals surface area contributed by atoms with Crippen molar-refractivity contribution in [3.63, 3.8) is 0 Å². The summed E-state index contributed by atoms with van der Waals surface area (Å²) in [5.74, 6) is 3.12. The van der Waals surface area contributed by atoms with E-state index in [0.29, 0.717) is 29.7 Å². The van der Waals surface area contributed by atoms with Gasteiger partial charge in [0.05, 0.1) is 0 Å². The third-order valence-corrected chi connectivity index (χ3v) is 9.69. The van der Waals surface area contributed by atoms with Crippen molar-refractivity contribution in [2.45, 2.75) is 70.3 Å². The Kier molecular flexibility index (Phi) is 6.21. The summed E-state index contributed by atoms with van der Waals surface area (Å²) in [5, 5.41) is 4.55. The quantitative estimate of drug-likeness (QED) is 0.419. The maximum Gasteiger partial charge on any atom is 0.259 e.